The van der Waals surface area contributed by atoms with Crippen LogP contribution in [0.4, 0.5) is 14.5 Å². The highest BCUT2D eigenvalue weighted by Crippen LogP contribution is 2.39. The van der Waals surface area contributed by atoms with Gasteiger partial charge in [0.25, 0.3) is 5.91 Å². The Bertz CT molecular complexity index is 1200. The Morgan fingerprint density at radius 1 is 1.09 bits per heavy atom. The van der Waals surface area contributed by atoms with Gasteiger partial charge < -0.3 is 10.2 Å². The van der Waals surface area contributed by atoms with E-state index in [1.165, 1.54) is 19.3 Å². The van der Waals surface area contributed by atoms with Gasteiger partial charge in [-0.3, -0.25) is 14.3 Å². The SMILES string of the molecule is CC(F)(F)C(=O)NC1CC(=O)N(c2ccc3c(cnn3C3CCCCC3)c2)C1c1ccccc1. The number of hydrogen-bond donors (Lipinski definition) is 1. The van der Waals surface area contributed by atoms with Crippen LogP contribution < -0.4 is 10.2 Å². The van der Waals surface area contributed by atoms with Gasteiger partial charge in [0.15, 0.2) is 0 Å². The summed E-state index contributed by atoms with van der Waals surface area (Å²) in [5.41, 5.74) is 2.46. The van der Waals surface area contributed by atoms with Gasteiger partial charge in [0, 0.05) is 24.4 Å². The molecule has 8 heteroatoms. The number of benzene rings is 2. The smallest absolute Gasteiger partial charge is 0.321 e. The van der Waals surface area contributed by atoms with E-state index < -0.39 is 23.9 Å². The Balaban J connectivity index is 1.50. The quantitative estimate of drug-likeness (QED) is 0.565. The fourth-order valence-electron chi connectivity index (χ4n) is 5.30. The Hall–Kier alpha value is -3.29. The van der Waals surface area contributed by atoms with Gasteiger partial charge in [-0.05, 0) is 36.6 Å². The average Bonchev–Trinajstić information content (AvgIpc) is 3.39. The number of carbonyl (C=O) groups is 2. The summed E-state index contributed by atoms with van der Waals surface area (Å²) in [6.07, 6.45) is 7.66. The normalized spacial score (nSPS) is 21.9. The summed E-state index contributed by atoms with van der Waals surface area (Å²) >= 11 is 0. The van der Waals surface area contributed by atoms with Crippen LogP contribution in [0.25, 0.3) is 10.9 Å². The molecule has 2 aromatic carbocycles. The third kappa shape index (κ3) is 4.17. The van der Waals surface area contributed by atoms with Crippen LogP contribution in [0.1, 0.15) is 63.1 Å². The lowest BCUT2D eigenvalue weighted by Gasteiger charge is -2.30. The molecular formula is C26H28F2N4O2. The molecule has 0 radical (unpaired) electrons. The highest BCUT2D eigenvalue weighted by Gasteiger charge is 2.45. The first-order chi connectivity index (χ1) is 16.3. The maximum Gasteiger partial charge on any atom is 0.321 e. The largest absolute Gasteiger partial charge is 0.345 e. The molecule has 1 aromatic heterocycles. The summed E-state index contributed by atoms with van der Waals surface area (Å²) < 4.78 is 29.3. The van der Waals surface area contributed by atoms with Crippen molar-refractivity contribution < 1.29 is 18.4 Å². The van der Waals surface area contributed by atoms with Crippen LogP contribution in [0.3, 0.4) is 0 Å². The van der Waals surface area contributed by atoms with Crippen molar-refractivity contribution in [2.75, 3.05) is 4.90 Å². The fourth-order valence-corrected chi connectivity index (χ4v) is 5.30. The van der Waals surface area contributed by atoms with Crippen molar-refractivity contribution in [1.82, 2.24) is 15.1 Å². The minimum atomic E-state index is -3.52. The van der Waals surface area contributed by atoms with Crippen LogP contribution in [0, 0.1) is 0 Å². The van der Waals surface area contributed by atoms with Gasteiger partial charge >= 0.3 is 5.92 Å². The Labute approximate surface area is 196 Å². The molecule has 2 heterocycles. The zero-order chi connectivity index (χ0) is 23.9. The fraction of sp³-hybridized carbons (Fsp3) is 0.423. The first-order valence-corrected chi connectivity index (χ1v) is 11.9. The molecule has 1 saturated carbocycles. The van der Waals surface area contributed by atoms with E-state index in [1.807, 2.05) is 54.7 Å². The zero-order valence-electron chi connectivity index (χ0n) is 19.1. The van der Waals surface area contributed by atoms with Gasteiger partial charge in [-0.1, -0.05) is 49.6 Å². The molecular weight excluding hydrogens is 438 g/mol. The molecule has 2 amide bonds. The topological polar surface area (TPSA) is 67.2 Å². The van der Waals surface area contributed by atoms with Crippen molar-refractivity contribution in [2.45, 2.75) is 69.5 Å². The minimum Gasteiger partial charge on any atom is -0.345 e. The van der Waals surface area contributed by atoms with E-state index in [2.05, 4.69) is 15.1 Å². The lowest BCUT2D eigenvalue weighted by atomic mass is 9.95. The molecule has 0 bridgehead atoms. The number of fused-ring (bicyclic) bond motifs is 1. The van der Waals surface area contributed by atoms with E-state index in [0.29, 0.717) is 18.7 Å². The van der Waals surface area contributed by atoms with E-state index in [4.69, 9.17) is 0 Å². The van der Waals surface area contributed by atoms with E-state index in [1.54, 1.807) is 4.90 Å². The van der Waals surface area contributed by atoms with Gasteiger partial charge in [-0.2, -0.15) is 13.9 Å². The molecule has 5 rings (SSSR count). The lowest BCUT2D eigenvalue weighted by Crippen LogP contribution is -2.46. The van der Waals surface area contributed by atoms with Crippen molar-refractivity contribution in [1.29, 1.82) is 0 Å². The van der Waals surface area contributed by atoms with Crippen LogP contribution in [-0.4, -0.2) is 33.6 Å². The van der Waals surface area contributed by atoms with E-state index in [9.17, 15) is 18.4 Å². The average molecular weight is 467 g/mol. The van der Waals surface area contributed by atoms with Crippen LogP contribution in [0.5, 0.6) is 0 Å². The van der Waals surface area contributed by atoms with Gasteiger partial charge in [-0.25, -0.2) is 0 Å². The maximum absolute atomic E-state index is 13.6. The summed E-state index contributed by atoms with van der Waals surface area (Å²) in [7, 11) is 0. The van der Waals surface area contributed by atoms with E-state index in [0.717, 1.165) is 29.3 Å². The number of anilines is 1. The molecule has 1 aliphatic heterocycles. The van der Waals surface area contributed by atoms with Crippen molar-refractivity contribution in [3.05, 3.63) is 60.3 Å². The van der Waals surface area contributed by atoms with Crippen molar-refractivity contribution >= 4 is 28.4 Å². The Morgan fingerprint density at radius 3 is 2.53 bits per heavy atom. The maximum atomic E-state index is 13.6. The summed E-state index contributed by atoms with van der Waals surface area (Å²) in [5, 5.41) is 7.98. The first-order valence-electron chi connectivity index (χ1n) is 11.9. The second-order valence-electron chi connectivity index (χ2n) is 9.42. The zero-order valence-corrected chi connectivity index (χ0v) is 19.1. The van der Waals surface area contributed by atoms with Crippen molar-refractivity contribution in [3.8, 4) is 0 Å². The summed E-state index contributed by atoms with van der Waals surface area (Å²) in [6, 6.07) is 14.0. The second-order valence-corrected chi connectivity index (χ2v) is 9.42. The Morgan fingerprint density at radius 2 is 1.82 bits per heavy atom. The highest BCUT2D eigenvalue weighted by molar-refractivity contribution is 6.00. The standard InChI is InChI=1S/C26H28F2N4O2/c1-26(27,28)25(34)30-21-15-23(33)31(24(21)17-8-4-2-5-9-17)20-12-13-22-18(14-20)16-29-32(22)19-10-6-3-7-11-19/h2,4-5,8-9,12-14,16,19,21,24H,3,6-7,10-11,15H2,1H3,(H,30,34). The van der Waals surface area contributed by atoms with Crippen LogP contribution in [0.15, 0.2) is 54.7 Å². The van der Waals surface area contributed by atoms with Gasteiger partial charge in [0.2, 0.25) is 5.91 Å². The number of alkyl halides is 2. The third-order valence-electron chi connectivity index (χ3n) is 6.96. The number of hydrogen-bond acceptors (Lipinski definition) is 3. The molecule has 2 aliphatic rings. The van der Waals surface area contributed by atoms with E-state index in [-0.39, 0.29) is 12.3 Å². The number of nitrogens with zero attached hydrogens (tertiary/aromatic N) is 3. The molecule has 6 nitrogen and oxygen atoms in total. The predicted molar refractivity (Wildman–Crippen MR) is 126 cm³/mol. The molecule has 34 heavy (non-hydrogen) atoms. The van der Waals surface area contributed by atoms with Gasteiger partial charge in [-0.15, -0.1) is 0 Å². The molecule has 178 valence electrons. The first kappa shape index (κ1) is 22.5. The van der Waals surface area contributed by atoms with E-state index >= 15 is 0 Å². The molecule has 1 N–H and O–H groups in total. The van der Waals surface area contributed by atoms with Crippen LogP contribution in [0.2, 0.25) is 0 Å². The van der Waals surface area contributed by atoms with Crippen molar-refractivity contribution in [2.24, 2.45) is 0 Å². The molecule has 1 aliphatic carbocycles. The summed E-state index contributed by atoms with van der Waals surface area (Å²) in [6.45, 7) is 0.562. The molecule has 1 saturated heterocycles. The van der Waals surface area contributed by atoms with Gasteiger partial charge in [0.1, 0.15) is 0 Å². The second kappa shape index (κ2) is 8.81. The third-order valence-corrected chi connectivity index (χ3v) is 6.96. The van der Waals surface area contributed by atoms with Crippen LogP contribution in [-0.2, 0) is 9.59 Å². The minimum absolute atomic E-state index is 0.0548. The molecule has 2 atom stereocenters. The molecule has 3 aromatic rings. The molecule has 2 fully saturated rings. The van der Waals surface area contributed by atoms with Gasteiger partial charge in [0.05, 0.1) is 29.8 Å². The van der Waals surface area contributed by atoms with Crippen LogP contribution >= 0.6 is 0 Å². The molecule has 2 unspecified atom stereocenters. The number of carbonyl (C=O) groups excluding carboxylic acids is 2. The number of aromatic nitrogens is 2. The monoisotopic (exact) mass is 466 g/mol. The highest BCUT2D eigenvalue weighted by atomic mass is 19.3. The Kier molecular flexibility index (Phi) is 5.83. The summed E-state index contributed by atoms with van der Waals surface area (Å²) in [4.78, 5) is 26.8. The molecule has 0 spiro atoms. The number of nitrogens with one attached hydrogen (secondary N) is 1. The number of halogens is 2. The predicted octanol–water partition coefficient (Wildman–Crippen LogP) is 5.16. The number of amides is 2. The van der Waals surface area contributed by atoms with Crippen molar-refractivity contribution in [3.63, 3.8) is 0 Å². The summed E-state index contributed by atoms with van der Waals surface area (Å²) in [5.74, 6) is -5.13. The lowest BCUT2D eigenvalue weighted by molar-refractivity contribution is -0.143. The number of rotatable bonds is 5.